The molecule has 0 N–H and O–H groups in total. The van der Waals surface area contributed by atoms with E-state index in [1.807, 2.05) is 48.2 Å². The SMILES string of the molecule is COc1cc(/C=C2/SC(=Nc3ccc(C)cc3)N(C3CCCCC3)C2=O)ccc1C. The molecular weight excluding hydrogens is 392 g/mol. The van der Waals surface area contributed by atoms with Gasteiger partial charge in [-0.05, 0) is 73.9 Å². The zero-order chi connectivity index (χ0) is 21.1. The molecule has 4 rings (SSSR count). The molecule has 1 heterocycles. The Morgan fingerprint density at radius 2 is 1.80 bits per heavy atom. The minimum atomic E-state index is 0.0669. The van der Waals surface area contributed by atoms with Crippen molar-refractivity contribution in [3.63, 3.8) is 0 Å². The van der Waals surface area contributed by atoms with Gasteiger partial charge in [0.05, 0.1) is 17.7 Å². The van der Waals surface area contributed by atoms with E-state index in [4.69, 9.17) is 9.73 Å². The van der Waals surface area contributed by atoms with Crippen LogP contribution in [0.2, 0.25) is 0 Å². The van der Waals surface area contributed by atoms with E-state index in [-0.39, 0.29) is 11.9 Å². The molecule has 1 aliphatic carbocycles. The first-order valence-electron chi connectivity index (χ1n) is 10.6. The van der Waals surface area contributed by atoms with E-state index in [0.29, 0.717) is 0 Å². The van der Waals surface area contributed by atoms with Crippen LogP contribution in [0.15, 0.2) is 52.4 Å². The van der Waals surface area contributed by atoms with Crippen LogP contribution in [0.5, 0.6) is 5.75 Å². The summed E-state index contributed by atoms with van der Waals surface area (Å²) in [5, 5.41) is 0.793. The number of carbonyl (C=O) groups excluding carboxylic acids is 1. The number of hydrogen-bond acceptors (Lipinski definition) is 4. The van der Waals surface area contributed by atoms with Gasteiger partial charge in [-0.1, -0.05) is 49.1 Å². The van der Waals surface area contributed by atoms with Gasteiger partial charge in [0.1, 0.15) is 5.75 Å². The van der Waals surface area contributed by atoms with E-state index in [2.05, 4.69) is 19.1 Å². The van der Waals surface area contributed by atoms with Crippen LogP contribution in [0.3, 0.4) is 0 Å². The predicted octanol–water partition coefficient (Wildman–Crippen LogP) is 6.25. The molecule has 1 amide bonds. The number of ether oxygens (including phenoxy) is 1. The van der Waals surface area contributed by atoms with Gasteiger partial charge in [0.15, 0.2) is 5.17 Å². The van der Waals surface area contributed by atoms with Crippen molar-refractivity contribution >= 4 is 34.6 Å². The standard InChI is InChI=1S/C25H28N2O2S/c1-17-9-13-20(14-10-17)26-25-27(21-7-5-4-6-8-21)24(28)23(30-25)16-19-12-11-18(2)22(15-19)29-3/h9-16,21H,4-8H2,1-3H3/b23-16+,26-25?. The molecule has 1 aliphatic heterocycles. The molecule has 5 heteroatoms. The van der Waals surface area contributed by atoms with Crippen LogP contribution in [-0.4, -0.2) is 29.1 Å². The second kappa shape index (κ2) is 9.09. The summed E-state index contributed by atoms with van der Waals surface area (Å²) in [4.78, 5) is 20.9. The van der Waals surface area contributed by atoms with E-state index in [1.54, 1.807) is 7.11 Å². The highest BCUT2D eigenvalue weighted by atomic mass is 32.2. The highest BCUT2D eigenvalue weighted by Gasteiger charge is 2.38. The zero-order valence-electron chi connectivity index (χ0n) is 17.9. The number of benzene rings is 2. The van der Waals surface area contributed by atoms with Gasteiger partial charge in [0, 0.05) is 6.04 Å². The molecule has 2 aromatic rings. The van der Waals surface area contributed by atoms with Gasteiger partial charge >= 0.3 is 0 Å². The quantitative estimate of drug-likeness (QED) is 0.549. The average Bonchev–Trinajstić information content (AvgIpc) is 3.06. The Kier molecular flexibility index (Phi) is 6.28. The summed E-state index contributed by atoms with van der Waals surface area (Å²) in [7, 11) is 1.67. The molecule has 0 aromatic heterocycles. The maximum absolute atomic E-state index is 13.4. The van der Waals surface area contributed by atoms with Crippen LogP contribution in [0.4, 0.5) is 5.69 Å². The number of nitrogens with zero attached hydrogens (tertiary/aromatic N) is 2. The lowest BCUT2D eigenvalue weighted by Crippen LogP contribution is -2.40. The molecule has 0 radical (unpaired) electrons. The van der Waals surface area contributed by atoms with Gasteiger partial charge < -0.3 is 4.74 Å². The molecule has 2 aliphatic rings. The molecule has 0 unspecified atom stereocenters. The number of amides is 1. The van der Waals surface area contributed by atoms with Crippen molar-refractivity contribution in [3.8, 4) is 5.75 Å². The average molecular weight is 421 g/mol. The lowest BCUT2D eigenvalue weighted by molar-refractivity contribution is -0.124. The van der Waals surface area contributed by atoms with Crippen LogP contribution in [-0.2, 0) is 4.79 Å². The van der Waals surface area contributed by atoms with Crippen molar-refractivity contribution in [2.75, 3.05) is 7.11 Å². The number of carbonyl (C=O) groups is 1. The van der Waals surface area contributed by atoms with Gasteiger partial charge in [-0.25, -0.2) is 4.99 Å². The van der Waals surface area contributed by atoms with Gasteiger partial charge in [0.25, 0.3) is 5.91 Å². The van der Waals surface area contributed by atoms with Crippen LogP contribution < -0.4 is 4.74 Å². The molecule has 30 heavy (non-hydrogen) atoms. The highest BCUT2D eigenvalue weighted by Crippen LogP contribution is 2.38. The van der Waals surface area contributed by atoms with Gasteiger partial charge in [-0.3, -0.25) is 9.69 Å². The number of methoxy groups -OCH3 is 1. The summed E-state index contributed by atoms with van der Waals surface area (Å²) in [6, 6.07) is 14.4. The Balaban J connectivity index is 1.69. The van der Waals surface area contributed by atoms with Gasteiger partial charge in [0.2, 0.25) is 0 Å². The Hall–Kier alpha value is -2.53. The van der Waals surface area contributed by atoms with Crippen molar-refractivity contribution < 1.29 is 9.53 Å². The Morgan fingerprint density at radius 1 is 1.07 bits per heavy atom. The second-order valence-electron chi connectivity index (χ2n) is 8.04. The number of hydrogen-bond donors (Lipinski definition) is 0. The number of rotatable bonds is 4. The van der Waals surface area contributed by atoms with Crippen LogP contribution in [0.25, 0.3) is 6.08 Å². The van der Waals surface area contributed by atoms with E-state index in [9.17, 15) is 4.79 Å². The number of thioether (sulfide) groups is 1. The van der Waals surface area contributed by atoms with E-state index >= 15 is 0 Å². The fourth-order valence-corrected chi connectivity index (χ4v) is 5.09. The van der Waals surface area contributed by atoms with Crippen LogP contribution >= 0.6 is 11.8 Å². The summed E-state index contributed by atoms with van der Waals surface area (Å²) >= 11 is 1.48. The molecular formula is C25H28N2O2S. The lowest BCUT2D eigenvalue weighted by Gasteiger charge is -2.30. The third-order valence-electron chi connectivity index (χ3n) is 5.77. The molecule has 1 saturated carbocycles. The van der Waals surface area contributed by atoms with Crippen molar-refractivity contribution in [2.24, 2.45) is 4.99 Å². The minimum Gasteiger partial charge on any atom is -0.496 e. The fraction of sp³-hybridized carbons (Fsp3) is 0.360. The van der Waals surface area contributed by atoms with Crippen molar-refractivity contribution in [1.29, 1.82) is 0 Å². The van der Waals surface area contributed by atoms with Crippen molar-refractivity contribution in [3.05, 3.63) is 64.1 Å². The summed E-state index contributed by atoms with van der Waals surface area (Å²) in [6.07, 6.45) is 7.65. The minimum absolute atomic E-state index is 0.0669. The Bertz CT molecular complexity index is 989. The molecule has 156 valence electrons. The van der Waals surface area contributed by atoms with Gasteiger partial charge in [-0.2, -0.15) is 0 Å². The first-order valence-corrected chi connectivity index (χ1v) is 11.4. The van der Waals surface area contributed by atoms with Crippen LogP contribution in [0, 0.1) is 13.8 Å². The Morgan fingerprint density at radius 3 is 2.50 bits per heavy atom. The smallest absolute Gasteiger partial charge is 0.267 e. The molecule has 0 spiro atoms. The molecule has 0 bridgehead atoms. The normalized spacial score (nSPS) is 20.4. The third-order valence-corrected chi connectivity index (χ3v) is 6.75. The molecule has 2 aromatic carbocycles. The maximum atomic E-state index is 13.4. The monoisotopic (exact) mass is 420 g/mol. The number of amidine groups is 1. The fourth-order valence-electron chi connectivity index (χ4n) is 4.03. The van der Waals surface area contributed by atoms with E-state index in [0.717, 1.165) is 45.5 Å². The first kappa shape index (κ1) is 20.7. The summed E-state index contributed by atoms with van der Waals surface area (Å²) in [5.74, 6) is 0.898. The third kappa shape index (κ3) is 4.46. The maximum Gasteiger partial charge on any atom is 0.267 e. The molecule has 1 saturated heterocycles. The lowest BCUT2D eigenvalue weighted by atomic mass is 9.94. The largest absolute Gasteiger partial charge is 0.496 e. The second-order valence-corrected chi connectivity index (χ2v) is 9.05. The van der Waals surface area contributed by atoms with Crippen molar-refractivity contribution in [2.45, 2.75) is 52.0 Å². The zero-order valence-corrected chi connectivity index (χ0v) is 18.7. The van der Waals surface area contributed by atoms with Gasteiger partial charge in [-0.15, -0.1) is 0 Å². The first-order chi connectivity index (χ1) is 14.5. The summed E-state index contributed by atoms with van der Waals surface area (Å²) in [6.45, 7) is 4.08. The number of aliphatic imine (C=N–C) groups is 1. The van der Waals surface area contributed by atoms with Crippen LogP contribution in [0.1, 0.15) is 48.8 Å². The highest BCUT2D eigenvalue weighted by molar-refractivity contribution is 8.18. The molecule has 0 atom stereocenters. The molecule has 2 fully saturated rings. The van der Waals surface area contributed by atoms with Crippen molar-refractivity contribution in [1.82, 2.24) is 4.90 Å². The molecule has 4 nitrogen and oxygen atoms in total. The number of aryl methyl sites for hydroxylation is 2. The Labute approximate surface area is 183 Å². The van der Waals surface area contributed by atoms with E-state index in [1.165, 1.54) is 36.6 Å². The summed E-state index contributed by atoms with van der Waals surface area (Å²) in [5.41, 5.74) is 4.13. The topological polar surface area (TPSA) is 41.9 Å². The summed E-state index contributed by atoms with van der Waals surface area (Å²) < 4.78 is 5.45. The predicted molar refractivity (Wildman–Crippen MR) is 125 cm³/mol. The van der Waals surface area contributed by atoms with E-state index < -0.39 is 0 Å².